The van der Waals surface area contributed by atoms with E-state index in [1.165, 1.54) is 11.6 Å². The Morgan fingerprint density at radius 3 is 2.67 bits per heavy atom. The third-order valence-electron chi connectivity index (χ3n) is 5.22. The molecule has 2 heterocycles. The molecule has 2 aromatic carbocycles. The third-order valence-corrected chi connectivity index (χ3v) is 6.34. The smallest absolute Gasteiger partial charge is 0.317 e. The number of nitrogens with one attached hydrogen (secondary N) is 1. The summed E-state index contributed by atoms with van der Waals surface area (Å²) in [5.74, 6) is 0.694. The summed E-state index contributed by atoms with van der Waals surface area (Å²) in [4.78, 5) is 18.0. The van der Waals surface area contributed by atoms with Crippen LogP contribution in [-0.2, 0) is 6.54 Å². The molecule has 0 saturated carbocycles. The van der Waals surface area contributed by atoms with Gasteiger partial charge < -0.3 is 10.2 Å². The Kier molecular flexibility index (Phi) is 5.64. The van der Waals surface area contributed by atoms with E-state index in [1.54, 1.807) is 17.8 Å². The fraction of sp³-hybridized carbons (Fsp3) is 0.381. The minimum absolute atomic E-state index is 0.0403. The second-order valence-electron chi connectivity index (χ2n) is 7.07. The molecule has 1 atom stereocenters. The van der Waals surface area contributed by atoms with Crippen LogP contribution in [-0.4, -0.2) is 47.8 Å². The van der Waals surface area contributed by atoms with Crippen molar-refractivity contribution >= 4 is 17.8 Å². The number of halogens is 1. The largest absolute Gasteiger partial charge is 0.331 e. The molecular formula is C21H24FN3OS. The second kappa shape index (κ2) is 8.31. The van der Waals surface area contributed by atoms with Crippen molar-refractivity contribution in [2.45, 2.75) is 23.9 Å². The molecule has 0 spiro atoms. The number of carbonyl (C=O) groups is 1. The molecule has 27 heavy (non-hydrogen) atoms. The molecule has 142 valence electrons. The van der Waals surface area contributed by atoms with Gasteiger partial charge in [0.25, 0.3) is 0 Å². The predicted molar refractivity (Wildman–Crippen MR) is 106 cm³/mol. The van der Waals surface area contributed by atoms with E-state index in [0.717, 1.165) is 55.4 Å². The Bertz CT molecular complexity index is 793. The first-order valence-electron chi connectivity index (χ1n) is 9.43. The van der Waals surface area contributed by atoms with Gasteiger partial charge in [0, 0.05) is 43.4 Å². The lowest BCUT2D eigenvalue weighted by Gasteiger charge is -2.36. The van der Waals surface area contributed by atoms with Crippen molar-refractivity contribution in [3.8, 4) is 0 Å². The Labute approximate surface area is 163 Å². The minimum Gasteiger partial charge on any atom is -0.331 e. The van der Waals surface area contributed by atoms with E-state index in [-0.39, 0.29) is 17.9 Å². The van der Waals surface area contributed by atoms with Gasteiger partial charge in [-0.3, -0.25) is 4.90 Å². The summed E-state index contributed by atoms with van der Waals surface area (Å²) < 4.78 is 13.6. The number of benzene rings is 2. The van der Waals surface area contributed by atoms with Gasteiger partial charge in [-0.05, 0) is 35.7 Å². The monoisotopic (exact) mass is 385 g/mol. The Hall–Kier alpha value is -2.05. The lowest BCUT2D eigenvalue weighted by molar-refractivity contribution is 0.133. The highest BCUT2D eigenvalue weighted by molar-refractivity contribution is 7.99. The highest BCUT2D eigenvalue weighted by atomic mass is 32.2. The van der Waals surface area contributed by atoms with Crippen LogP contribution in [0.1, 0.15) is 23.6 Å². The van der Waals surface area contributed by atoms with Crippen LogP contribution >= 0.6 is 11.8 Å². The molecule has 4 rings (SSSR count). The van der Waals surface area contributed by atoms with Gasteiger partial charge in [-0.2, -0.15) is 0 Å². The molecule has 2 aromatic rings. The molecule has 1 N–H and O–H groups in total. The van der Waals surface area contributed by atoms with Gasteiger partial charge in [0.2, 0.25) is 0 Å². The van der Waals surface area contributed by atoms with Gasteiger partial charge in [-0.25, -0.2) is 9.18 Å². The number of urea groups is 1. The molecule has 4 nitrogen and oxygen atoms in total. The van der Waals surface area contributed by atoms with Crippen molar-refractivity contribution < 1.29 is 9.18 Å². The first kappa shape index (κ1) is 18.3. The maximum absolute atomic E-state index is 13.6. The zero-order valence-corrected chi connectivity index (χ0v) is 16.1. The molecule has 0 aliphatic carbocycles. The van der Waals surface area contributed by atoms with Gasteiger partial charge in [-0.15, -0.1) is 11.8 Å². The molecule has 2 aliphatic rings. The SMILES string of the molecule is O=C(NC1CCSc2ccc(F)cc21)N1CCN(Cc2ccccc2)CC1. The van der Waals surface area contributed by atoms with Crippen LogP contribution < -0.4 is 5.32 Å². The number of rotatable bonds is 3. The number of amides is 2. The first-order valence-corrected chi connectivity index (χ1v) is 10.4. The van der Waals surface area contributed by atoms with Crippen molar-refractivity contribution in [1.29, 1.82) is 0 Å². The molecule has 0 aromatic heterocycles. The summed E-state index contributed by atoms with van der Waals surface area (Å²) in [6.07, 6.45) is 0.834. The van der Waals surface area contributed by atoms with Crippen LogP contribution in [0.15, 0.2) is 53.4 Å². The van der Waals surface area contributed by atoms with Crippen LogP contribution in [0.25, 0.3) is 0 Å². The number of piperazine rings is 1. The normalized spacial score (nSPS) is 20.2. The van der Waals surface area contributed by atoms with Gasteiger partial charge in [0.1, 0.15) is 5.82 Å². The summed E-state index contributed by atoms with van der Waals surface area (Å²) in [7, 11) is 0. The van der Waals surface area contributed by atoms with E-state index in [0.29, 0.717) is 0 Å². The standard InChI is InChI=1S/C21H24FN3OS/c22-17-6-7-20-18(14-17)19(8-13-27-20)23-21(26)25-11-9-24(10-12-25)15-16-4-2-1-3-5-16/h1-7,14,19H,8-13,15H2,(H,23,26). The fourth-order valence-corrected chi connectivity index (χ4v) is 4.81. The summed E-state index contributed by atoms with van der Waals surface area (Å²) in [6.45, 7) is 4.09. The van der Waals surface area contributed by atoms with E-state index in [1.807, 2.05) is 17.0 Å². The van der Waals surface area contributed by atoms with Crippen LogP contribution in [0.3, 0.4) is 0 Å². The van der Waals surface area contributed by atoms with Crippen molar-refractivity contribution in [2.24, 2.45) is 0 Å². The zero-order valence-electron chi connectivity index (χ0n) is 15.2. The average molecular weight is 386 g/mol. The van der Waals surface area contributed by atoms with E-state index in [4.69, 9.17) is 0 Å². The molecule has 2 amide bonds. The molecular weight excluding hydrogens is 361 g/mol. The number of fused-ring (bicyclic) bond motifs is 1. The fourth-order valence-electron chi connectivity index (χ4n) is 3.71. The molecule has 1 unspecified atom stereocenters. The van der Waals surface area contributed by atoms with Gasteiger partial charge >= 0.3 is 6.03 Å². The maximum Gasteiger partial charge on any atom is 0.317 e. The number of hydrogen-bond acceptors (Lipinski definition) is 3. The van der Waals surface area contributed by atoms with Crippen molar-refractivity contribution in [3.05, 3.63) is 65.5 Å². The molecule has 1 fully saturated rings. The lowest BCUT2D eigenvalue weighted by Crippen LogP contribution is -2.52. The predicted octanol–water partition coefficient (Wildman–Crippen LogP) is 3.89. The van der Waals surface area contributed by atoms with Crippen molar-refractivity contribution in [3.63, 3.8) is 0 Å². The van der Waals surface area contributed by atoms with Crippen molar-refractivity contribution in [1.82, 2.24) is 15.1 Å². The van der Waals surface area contributed by atoms with Gasteiger partial charge in [-0.1, -0.05) is 30.3 Å². The molecule has 2 aliphatic heterocycles. The minimum atomic E-state index is -0.245. The summed E-state index contributed by atoms with van der Waals surface area (Å²) in [6, 6.07) is 15.1. The van der Waals surface area contributed by atoms with E-state index >= 15 is 0 Å². The van der Waals surface area contributed by atoms with E-state index in [2.05, 4.69) is 34.5 Å². The summed E-state index contributed by atoms with van der Waals surface area (Å²) in [5, 5.41) is 3.12. The van der Waals surface area contributed by atoms with Crippen LogP contribution in [0.2, 0.25) is 0 Å². The summed E-state index contributed by atoms with van der Waals surface area (Å²) >= 11 is 1.73. The average Bonchev–Trinajstić information content (AvgIpc) is 2.70. The Morgan fingerprint density at radius 1 is 1.11 bits per heavy atom. The van der Waals surface area contributed by atoms with Gasteiger partial charge in [0.15, 0.2) is 0 Å². The molecule has 0 radical (unpaired) electrons. The Morgan fingerprint density at radius 2 is 1.89 bits per heavy atom. The molecule has 6 heteroatoms. The summed E-state index contributed by atoms with van der Waals surface area (Å²) in [5.41, 5.74) is 2.20. The number of carbonyl (C=O) groups excluding carboxylic acids is 1. The highest BCUT2D eigenvalue weighted by Crippen LogP contribution is 2.36. The number of hydrogen-bond donors (Lipinski definition) is 1. The van der Waals surface area contributed by atoms with Crippen LogP contribution in [0, 0.1) is 5.82 Å². The first-order chi connectivity index (χ1) is 13.2. The molecule has 1 saturated heterocycles. The third kappa shape index (κ3) is 4.45. The zero-order chi connectivity index (χ0) is 18.6. The number of nitrogens with zero attached hydrogens (tertiary/aromatic N) is 2. The van der Waals surface area contributed by atoms with Crippen LogP contribution in [0.4, 0.5) is 9.18 Å². The van der Waals surface area contributed by atoms with Gasteiger partial charge in [0.05, 0.1) is 6.04 Å². The maximum atomic E-state index is 13.6. The van der Waals surface area contributed by atoms with E-state index < -0.39 is 0 Å². The Balaban J connectivity index is 1.32. The van der Waals surface area contributed by atoms with Crippen molar-refractivity contribution in [2.75, 3.05) is 31.9 Å². The van der Waals surface area contributed by atoms with E-state index in [9.17, 15) is 9.18 Å². The lowest BCUT2D eigenvalue weighted by atomic mass is 10.0. The quantitative estimate of drug-likeness (QED) is 0.871. The highest BCUT2D eigenvalue weighted by Gasteiger charge is 2.26. The van der Waals surface area contributed by atoms with Crippen LogP contribution in [0.5, 0.6) is 0 Å². The second-order valence-corrected chi connectivity index (χ2v) is 8.21. The molecule has 0 bridgehead atoms. The number of thioether (sulfide) groups is 1. The topological polar surface area (TPSA) is 35.6 Å².